The van der Waals surface area contributed by atoms with Gasteiger partial charge in [0.1, 0.15) is 0 Å². The van der Waals surface area contributed by atoms with Gasteiger partial charge >= 0.3 is 6.03 Å². The van der Waals surface area contributed by atoms with Crippen molar-refractivity contribution in [2.24, 2.45) is 0 Å². The summed E-state index contributed by atoms with van der Waals surface area (Å²) in [6.07, 6.45) is 4.01. The van der Waals surface area contributed by atoms with Crippen LogP contribution < -0.4 is 10.2 Å². The van der Waals surface area contributed by atoms with Crippen molar-refractivity contribution < 1.29 is 14.5 Å². The SMILES string of the molecule is O=C1N[C@](Cc2ccccc2)(c2ccccc2)C(=O)N1C[NH+]1CCCCC1. The summed E-state index contributed by atoms with van der Waals surface area (Å²) in [5.74, 6) is -0.138. The van der Waals surface area contributed by atoms with Crippen LogP contribution in [0.25, 0.3) is 0 Å². The number of amides is 3. The van der Waals surface area contributed by atoms with E-state index in [1.807, 2.05) is 60.7 Å². The van der Waals surface area contributed by atoms with Gasteiger partial charge in [0.2, 0.25) is 0 Å². The fraction of sp³-hybridized carbons (Fsp3) is 0.364. The smallest absolute Gasteiger partial charge is 0.319 e. The molecule has 27 heavy (non-hydrogen) atoms. The molecule has 0 aromatic heterocycles. The average Bonchev–Trinajstić information content (AvgIpc) is 2.95. The molecule has 2 heterocycles. The Bertz CT molecular complexity index is 803. The van der Waals surface area contributed by atoms with Crippen LogP contribution in [-0.2, 0) is 16.8 Å². The molecule has 2 fully saturated rings. The second-order valence-electron chi connectivity index (χ2n) is 7.57. The third kappa shape index (κ3) is 3.47. The number of likely N-dealkylation sites (tertiary alicyclic amines) is 1. The van der Waals surface area contributed by atoms with E-state index < -0.39 is 5.54 Å². The Balaban J connectivity index is 1.66. The molecule has 0 unspecified atom stereocenters. The number of imide groups is 1. The highest BCUT2D eigenvalue weighted by atomic mass is 16.2. The van der Waals surface area contributed by atoms with Gasteiger partial charge in [-0.05, 0) is 30.4 Å². The summed E-state index contributed by atoms with van der Waals surface area (Å²) in [5.41, 5.74) is 0.833. The van der Waals surface area contributed by atoms with E-state index in [9.17, 15) is 9.59 Å². The molecule has 0 aliphatic carbocycles. The summed E-state index contributed by atoms with van der Waals surface area (Å²) in [6, 6.07) is 19.2. The number of hydrogen-bond donors (Lipinski definition) is 2. The van der Waals surface area contributed by atoms with E-state index in [1.54, 1.807) is 0 Å². The van der Waals surface area contributed by atoms with Crippen LogP contribution in [0, 0.1) is 0 Å². The molecule has 2 aliphatic rings. The van der Waals surface area contributed by atoms with E-state index >= 15 is 0 Å². The molecule has 2 aromatic rings. The molecule has 140 valence electrons. The normalized spacial score (nSPS) is 23.5. The molecule has 4 rings (SSSR count). The number of benzene rings is 2. The van der Waals surface area contributed by atoms with Crippen LogP contribution in [0.3, 0.4) is 0 Å². The predicted molar refractivity (Wildman–Crippen MR) is 103 cm³/mol. The number of nitrogens with one attached hydrogen (secondary N) is 2. The van der Waals surface area contributed by atoms with E-state index in [2.05, 4.69) is 5.32 Å². The van der Waals surface area contributed by atoms with Gasteiger partial charge in [0, 0.05) is 6.42 Å². The Labute approximate surface area is 160 Å². The number of carbonyl (C=O) groups is 2. The molecular formula is C22H26N3O2+. The summed E-state index contributed by atoms with van der Waals surface area (Å²) in [4.78, 5) is 29.1. The zero-order valence-corrected chi connectivity index (χ0v) is 15.5. The van der Waals surface area contributed by atoms with Gasteiger partial charge in [0.25, 0.3) is 5.91 Å². The molecule has 1 atom stereocenters. The molecule has 0 saturated carbocycles. The van der Waals surface area contributed by atoms with Crippen LogP contribution in [0.1, 0.15) is 30.4 Å². The highest BCUT2D eigenvalue weighted by Gasteiger charge is 2.53. The first kappa shape index (κ1) is 17.7. The highest BCUT2D eigenvalue weighted by molar-refractivity contribution is 6.07. The van der Waals surface area contributed by atoms with Crippen molar-refractivity contribution in [1.82, 2.24) is 10.2 Å². The van der Waals surface area contributed by atoms with E-state index in [0.717, 1.165) is 37.1 Å². The summed E-state index contributed by atoms with van der Waals surface area (Å²) in [5, 5.41) is 3.05. The first-order valence-electron chi connectivity index (χ1n) is 9.76. The van der Waals surface area contributed by atoms with Gasteiger partial charge in [-0.15, -0.1) is 0 Å². The molecule has 0 bridgehead atoms. The minimum Gasteiger partial charge on any atom is -0.319 e. The van der Waals surface area contributed by atoms with Gasteiger partial charge < -0.3 is 10.2 Å². The molecule has 5 heteroatoms. The minimum absolute atomic E-state index is 0.138. The molecule has 0 radical (unpaired) electrons. The van der Waals surface area contributed by atoms with E-state index in [-0.39, 0.29) is 11.9 Å². The van der Waals surface area contributed by atoms with E-state index in [1.165, 1.54) is 16.2 Å². The lowest BCUT2D eigenvalue weighted by Crippen LogP contribution is -3.14. The van der Waals surface area contributed by atoms with Gasteiger partial charge in [-0.2, -0.15) is 0 Å². The van der Waals surface area contributed by atoms with Crippen molar-refractivity contribution in [2.45, 2.75) is 31.2 Å². The largest absolute Gasteiger partial charge is 0.329 e. The Hall–Kier alpha value is -2.66. The van der Waals surface area contributed by atoms with Crippen LogP contribution in [-0.4, -0.2) is 36.6 Å². The summed E-state index contributed by atoms with van der Waals surface area (Å²) < 4.78 is 0. The molecule has 2 N–H and O–H groups in total. The van der Waals surface area contributed by atoms with Crippen LogP contribution in [0.15, 0.2) is 60.7 Å². The Morgan fingerprint density at radius 1 is 0.889 bits per heavy atom. The zero-order chi connectivity index (χ0) is 18.7. The lowest BCUT2D eigenvalue weighted by Gasteiger charge is -2.29. The second kappa shape index (κ2) is 7.53. The minimum atomic E-state index is -1.03. The first-order valence-corrected chi connectivity index (χ1v) is 9.76. The fourth-order valence-corrected chi connectivity index (χ4v) is 4.25. The number of rotatable bonds is 5. The topological polar surface area (TPSA) is 53.9 Å². The molecule has 2 saturated heterocycles. The molecule has 5 nitrogen and oxygen atoms in total. The quantitative estimate of drug-likeness (QED) is 0.794. The standard InChI is InChI=1S/C22H25N3O2/c26-20-22(19-12-6-2-7-13-19,16-18-10-4-1-5-11-18)23-21(27)25(20)17-24-14-8-3-9-15-24/h1-2,4-7,10-13H,3,8-9,14-17H2,(H,23,27)/p+1/t22-/m1/s1. The number of urea groups is 1. The lowest BCUT2D eigenvalue weighted by molar-refractivity contribution is -0.912. The van der Waals surface area contributed by atoms with Crippen molar-refractivity contribution in [3.8, 4) is 0 Å². The van der Waals surface area contributed by atoms with Crippen molar-refractivity contribution in [2.75, 3.05) is 19.8 Å². The molecule has 3 amide bonds. The zero-order valence-electron chi connectivity index (χ0n) is 15.5. The molecule has 0 spiro atoms. The molecular weight excluding hydrogens is 338 g/mol. The summed E-state index contributed by atoms with van der Waals surface area (Å²) >= 11 is 0. The maximum atomic E-state index is 13.5. The summed E-state index contributed by atoms with van der Waals surface area (Å²) in [7, 11) is 0. The van der Waals surface area contributed by atoms with E-state index in [4.69, 9.17) is 0 Å². The van der Waals surface area contributed by atoms with Crippen LogP contribution in [0.2, 0.25) is 0 Å². The fourth-order valence-electron chi connectivity index (χ4n) is 4.25. The second-order valence-corrected chi connectivity index (χ2v) is 7.57. The van der Waals surface area contributed by atoms with Crippen LogP contribution in [0.4, 0.5) is 4.79 Å². The predicted octanol–water partition coefficient (Wildman–Crippen LogP) is 1.70. The third-order valence-electron chi connectivity index (χ3n) is 5.70. The van der Waals surface area contributed by atoms with Gasteiger partial charge in [-0.1, -0.05) is 60.7 Å². The number of quaternary nitrogens is 1. The van der Waals surface area contributed by atoms with Crippen LogP contribution >= 0.6 is 0 Å². The molecule has 2 aromatic carbocycles. The van der Waals surface area contributed by atoms with Gasteiger partial charge in [0.15, 0.2) is 12.2 Å². The lowest BCUT2D eigenvalue weighted by atomic mass is 9.83. The van der Waals surface area contributed by atoms with Crippen molar-refractivity contribution in [3.63, 3.8) is 0 Å². The first-order chi connectivity index (χ1) is 13.2. The number of piperidine rings is 1. The van der Waals surface area contributed by atoms with Crippen molar-refractivity contribution >= 4 is 11.9 Å². The molecule has 2 aliphatic heterocycles. The Kier molecular flexibility index (Phi) is 4.94. The maximum Gasteiger partial charge on any atom is 0.329 e. The monoisotopic (exact) mass is 364 g/mol. The summed E-state index contributed by atoms with van der Waals surface area (Å²) in [6.45, 7) is 2.50. The number of carbonyl (C=O) groups excluding carboxylic acids is 2. The Morgan fingerprint density at radius 3 is 2.19 bits per heavy atom. The maximum absolute atomic E-state index is 13.5. The van der Waals surface area contributed by atoms with Gasteiger partial charge in [-0.3, -0.25) is 4.79 Å². The van der Waals surface area contributed by atoms with Crippen molar-refractivity contribution in [3.05, 3.63) is 71.8 Å². The Morgan fingerprint density at radius 2 is 1.52 bits per heavy atom. The van der Waals surface area contributed by atoms with E-state index in [0.29, 0.717) is 13.1 Å². The number of nitrogens with zero attached hydrogens (tertiary/aromatic N) is 1. The third-order valence-corrected chi connectivity index (χ3v) is 5.70. The average molecular weight is 364 g/mol. The number of hydrogen-bond acceptors (Lipinski definition) is 2. The highest BCUT2D eigenvalue weighted by Crippen LogP contribution is 2.32. The van der Waals surface area contributed by atoms with Gasteiger partial charge in [0.05, 0.1) is 13.1 Å². The van der Waals surface area contributed by atoms with Gasteiger partial charge in [-0.25, -0.2) is 9.69 Å². The van der Waals surface area contributed by atoms with Crippen molar-refractivity contribution in [1.29, 1.82) is 0 Å². The van der Waals surface area contributed by atoms with Crippen LogP contribution in [0.5, 0.6) is 0 Å².